The molecule has 0 atom stereocenters. The van der Waals surface area contributed by atoms with Gasteiger partial charge in [-0.25, -0.2) is 0 Å². The third-order valence-corrected chi connectivity index (χ3v) is 4.15. The zero-order valence-corrected chi connectivity index (χ0v) is 15.3. The van der Waals surface area contributed by atoms with Gasteiger partial charge in [0.15, 0.2) is 5.96 Å². The Hall–Kier alpha value is -2.28. The van der Waals surface area contributed by atoms with Gasteiger partial charge in [0.1, 0.15) is 0 Å². The number of hydrogen-bond acceptors (Lipinski definition) is 3. The molecule has 0 bridgehead atoms. The molecule has 2 amide bonds. The predicted molar refractivity (Wildman–Crippen MR) is 98.5 cm³/mol. The molecule has 1 aliphatic rings. The summed E-state index contributed by atoms with van der Waals surface area (Å²) in [4.78, 5) is 31.3. The number of aliphatic imine (C=N–C) groups is 1. The van der Waals surface area contributed by atoms with E-state index in [2.05, 4.69) is 15.6 Å². The summed E-state index contributed by atoms with van der Waals surface area (Å²) >= 11 is 5.89. The number of benzene rings is 1. The fraction of sp³-hybridized carbons (Fsp3) is 0.471. The molecule has 8 heteroatoms. The van der Waals surface area contributed by atoms with E-state index >= 15 is 0 Å². The smallest absolute Gasteiger partial charge is 0.242 e. The van der Waals surface area contributed by atoms with Crippen LogP contribution in [-0.4, -0.2) is 67.3 Å². The second-order valence-electron chi connectivity index (χ2n) is 5.82. The molecule has 0 unspecified atom stereocenters. The quantitative estimate of drug-likeness (QED) is 0.457. The SMILES string of the molecule is CN=C(NCCNC(C)=O)N1CCN(Cc2ccc(Cl)cc2)C(=O)C1. The van der Waals surface area contributed by atoms with Crippen LogP contribution in [0.4, 0.5) is 0 Å². The van der Waals surface area contributed by atoms with Gasteiger partial charge in [-0.3, -0.25) is 14.6 Å². The molecule has 0 spiro atoms. The van der Waals surface area contributed by atoms with Crippen molar-refractivity contribution in [1.82, 2.24) is 20.4 Å². The molecule has 25 heavy (non-hydrogen) atoms. The summed E-state index contributed by atoms with van der Waals surface area (Å²) in [5.41, 5.74) is 1.06. The van der Waals surface area contributed by atoms with Crippen molar-refractivity contribution in [3.63, 3.8) is 0 Å². The molecule has 0 aromatic heterocycles. The van der Waals surface area contributed by atoms with Crippen LogP contribution >= 0.6 is 11.6 Å². The summed E-state index contributed by atoms with van der Waals surface area (Å²) in [7, 11) is 1.69. The standard InChI is InChI=1S/C17H24ClN5O2/c1-13(24)20-7-8-21-17(19-2)23-10-9-22(16(25)12-23)11-14-3-5-15(18)6-4-14/h3-6H,7-12H2,1-2H3,(H,19,21)(H,20,24). The lowest BCUT2D eigenvalue weighted by molar-refractivity contribution is -0.135. The molecule has 2 rings (SSSR count). The molecular weight excluding hydrogens is 342 g/mol. The minimum Gasteiger partial charge on any atom is -0.355 e. The van der Waals surface area contributed by atoms with Crippen LogP contribution < -0.4 is 10.6 Å². The molecule has 136 valence electrons. The van der Waals surface area contributed by atoms with E-state index in [1.165, 1.54) is 6.92 Å². The molecule has 1 saturated heterocycles. The molecule has 1 aromatic rings. The Labute approximate surface area is 153 Å². The maximum Gasteiger partial charge on any atom is 0.242 e. The Balaban J connectivity index is 1.83. The van der Waals surface area contributed by atoms with Gasteiger partial charge in [-0.15, -0.1) is 0 Å². The van der Waals surface area contributed by atoms with E-state index < -0.39 is 0 Å². The number of carbonyl (C=O) groups is 2. The number of halogens is 1. The van der Waals surface area contributed by atoms with Gasteiger partial charge in [0.05, 0.1) is 6.54 Å². The number of nitrogens with zero attached hydrogens (tertiary/aromatic N) is 3. The van der Waals surface area contributed by atoms with E-state index in [0.717, 1.165) is 5.56 Å². The molecule has 0 aliphatic carbocycles. The first-order valence-electron chi connectivity index (χ1n) is 8.22. The second-order valence-corrected chi connectivity index (χ2v) is 6.26. The average molecular weight is 366 g/mol. The van der Waals surface area contributed by atoms with Crippen molar-refractivity contribution in [3.05, 3.63) is 34.9 Å². The molecule has 1 aromatic carbocycles. The maximum atomic E-state index is 12.4. The fourth-order valence-electron chi connectivity index (χ4n) is 2.61. The third kappa shape index (κ3) is 5.94. The number of carbonyl (C=O) groups excluding carboxylic acids is 2. The number of guanidine groups is 1. The van der Waals surface area contributed by atoms with Gasteiger partial charge in [0, 0.05) is 51.7 Å². The summed E-state index contributed by atoms with van der Waals surface area (Å²) in [6, 6.07) is 7.53. The molecule has 2 N–H and O–H groups in total. The van der Waals surface area contributed by atoms with E-state index in [1.807, 2.05) is 34.1 Å². The van der Waals surface area contributed by atoms with Gasteiger partial charge >= 0.3 is 0 Å². The van der Waals surface area contributed by atoms with E-state index in [9.17, 15) is 9.59 Å². The number of amides is 2. The largest absolute Gasteiger partial charge is 0.355 e. The lowest BCUT2D eigenvalue weighted by Gasteiger charge is -2.36. The number of nitrogens with one attached hydrogen (secondary N) is 2. The third-order valence-electron chi connectivity index (χ3n) is 3.90. The summed E-state index contributed by atoms with van der Waals surface area (Å²) in [6.07, 6.45) is 0. The predicted octanol–water partition coefficient (Wildman–Crippen LogP) is 0.696. The summed E-state index contributed by atoms with van der Waals surface area (Å²) < 4.78 is 0. The fourth-order valence-corrected chi connectivity index (χ4v) is 2.74. The van der Waals surface area contributed by atoms with Crippen molar-refractivity contribution in [2.45, 2.75) is 13.5 Å². The molecule has 7 nitrogen and oxygen atoms in total. The lowest BCUT2D eigenvalue weighted by Crippen LogP contribution is -2.55. The van der Waals surface area contributed by atoms with Crippen molar-refractivity contribution in [2.24, 2.45) is 4.99 Å². The molecule has 1 heterocycles. The summed E-state index contributed by atoms with van der Waals surface area (Å²) in [5.74, 6) is 0.665. The molecule has 1 aliphatic heterocycles. The van der Waals surface area contributed by atoms with Crippen LogP contribution in [0, 0.1) is 0 Å². The van der Waals surface area contributed by atoms with Crippen molar-refractivity contribution >= 4 is 29.4 Å². The topological polar surface area (TPSA) is 77.0 Å². The van der Waals surface area contributed by atoms with E-state index in [1.54, 1.807) is 7.05 Å². The molecule has 0 radical (unpaired) electrons. The van der Waals surface area contributed by atoms with Crippen LogP contribution in [0.15, 0.2) is 29.3 Å². The minimum atomic E-state index is -0.0669. The van der Waals surface area contributed by atoms with Crippen molar-refractivity contribution < 1.29 is 9.59 Å². The Kier molecular flexibility index (Phi) is 7.06. The van der Waals surface area contributed by atoms with Crippen LogP contribution in [0.3, 0.4) is 0 Å². The van der Waals surface area contributed by atoms with Gasteiger partial charge in [-0.1, -0.05) is 23.7 Å². The normalized spacial score (nSPS) is 15.3. The Morgan fingerprint density at radius 3 is 2.48 bits per heavy atom. The zero-order chi connectivity index (χ0) is 18.2. The van der Waals surface area contributed by atoms with Gasteiger partial charge in [-0.05, 0) is 17.7 Å². The Morgan fingerprint density at radius 2 is 1.88 bits per heavy atom. The Bertz CT molecular complexity index is 632. The Morgan fingerprint density at radius 1 is 1.20 bits per heavy atom. The van der Waals surface area contributed by atoms with E-state index in [0.29, 0.717) is 43.7 Å². The van der Waals surface area contributed by atoms with E-state index in [-0.39, 0.29) is 18.4 Å². The molecule has 1 fully saturated rings. The summed E-state index contributed by atoms with van der Waals surface area (Å²) in [5, 5.41) is 6.57. The van der Waals surface area contributed by atoms with Gasteiger partial charge in [0.25, 0.3) is 0 Å². The minimum absolute atomic E-state index is 0.0611. The van der Waals surface area contributed by atoms with Crippen LogP contribution in [0.5, 0.6) is 0 Å². The van der Waals surface area contributed by atoms with Crippen LogP contribution in [-0.2, 0) is 16.1 Å². The molecular formula is C17H24ClN5O2. The highest BCUT2D eigenvalue weighted by Crippen LogP contribution is 2.13. The highest BCUT2D eigenvalue weighted by Gasteiger charge is 2.25. The number of rotatable bonds is 5. The van der Waals surface area contributed by atoms with Crippen LogP contribution in [0.25, 0.3) is 0 Å². The average Bonchev–Trinajstić information content (AvgIpc) is 2.58. The summed E-state index contributed by atoms with van der Waals surface area (Å²) in [6.45, 7) is 4.76. The lowest BCUT2D eigenvalue weighted by atomic mass is 10.2. The first-order chi connectivity index (χ1) is 12.0. The monoisotopic (exact) mass is 365 g/mol. The maximum absolute atomic E-state index is 12.4. The van der Waals surface area contributed by atoms with Crippen molar-refractivity contribution in [1.29, 1.82) is 0 Å². The van der Waals surface area contributed by atoms with Crippen LogP contribution in [0.2, 0.25) is 5.02 Å². The first-order valence-corrected chi connectivity index (χ1v) is 8.59. The van der Waals surface area contributed by atoms with Gasteiger partial charge in [-0.2, -0.15) is 0 Å². The molecule has 0 saturated carbocycles. The highest BCUT2D eigenvalue weighted by molar-refractivity contribution is 6.30. The first kappa shape index (κ1) is 19.1. The van der Waals surface area contributed by atoms with Crippen LogP contribution in [0.1, 0.15) is 12.5 Å². The van der Waals surface area contributed by atoms with Crippen molar-refractivity contribution in [2.75, 3.05) is 39.8 Å². The van der Waals surface area contributed by atoms with Gasteiger partial charge < -0.3 is 20.4 Å². The second kappa shape index (κ2) is 9.27. The highest BCUT2D eigenvalue weighted by atomic mass is 35.5. The van der Waals surface area contributed by atoms with E-state index in [4.69, 9.17) is 11.6 Å². The number of hydrogen-bond donors (Lipinski definition) is 2. The van der Waals surface area contributed by atoms with Gasteiger partial charge in [0.2, 0.25) is 11.8 Å². The van der Waals surface area contributed by atoms with Crippen molar-refractivity contribution in [3.8, 4) is 0 Å². The number of piperazine rings is 1. The zero-order valence-electron chi connectivity index (χ0n) is 14.6.